The van der Waals surface area contributed by atoms with Gasteiger partial charge < -0.3 is 24.1 Å². The van der Waals surface area contributed by atoms with E-state index in [1.54, 1.807) is 12.1 Å². The van der Waals surface area contributed by atoms with E-state index in [2.05, 4.69) is 32.0 Å². The van der Waals surface area contributed by atoms with Gasteiger partial charge in [-0.25, -0.2) is 4.39 Å². The van der Waals surface area contributed by atoms with Crippen molar-refractivity contribution in [1.29, 1.82) is 0 Å². The quantitative estimate of drug-likeness (QED) is 0.413. The summed E-state index contributed by atoms with van der Waals surface area (Å²) in [7, 11) is 0. The van der Waals surface area contributed by atoms with E-state index in [1.807, 2.05) is 26.0 Å². The number of rotatable bonds is 7. The molecule has 0 amide bonds. The predicted molar refractivity (Wildman–Crippen MR) is 164 cm³/mol. The Hall–Kier alpha value is -3.17. The molecule has 43 heavy (non-hydrogen) atoms. The Morgan fingerprint density at radius 2 is 1.77 bits per heavy atom. The maximum absolute atomic E-state index is 13.8. The standard InChI is InChI=1S/C34H43FN4O4/c1-3-42-32(40)33(2)10-12-39(13-11-33)31-20-34(43-36-31)22-37(23-34)21-26-18-28(24-4-5-24)29(25-6-8-27(35)9-7-25)19-30(26)38-14-16-41-17-15-38/h6-9,18-19,24H,3-5,10-17,20-23H2,1-2H3. The number of ether oxygens (including phenoxy) is 2. The number of amidine groups is 1. The Kier molecular flexibility index (Phi) is 7.58. The minimum Gasteiger partial charge on any atom is -0.466 e. The summed E-state index contributed by atoms with van der Waals surface area (Å²) in [5, 5.41) is 4.54. The van der Waals surface area contributed by atoms with E-state index < -0.39 is 5.41 Å². The van der Waals surface area contributed by atoms with E-state index in [0.717, 1.165) is 89.7 Å². The number of hydrogen-bond donors (Lipinski definition) is 0. The smallest absolute Gasteiger partial charge is 0.311 e. The van der Waals surface area contributed by atoms with Crippen molar-refractivity contribution in [2.75, 3.05) is 64.0 Å². The van der Waals surface area contributed by atoms with Crippen molar-refractivity contribution in [3.63, 3.8) is 0 Å². The lowest BCUT2D eigenvalue weighted by atomic mass is 9.80. The van der Waals surface area contributed by atoms with E-state index in [-0.39, 0.29) is 17.4 Å². The Bertz CT molecular complexity index is 1370. The summed E-state index contributed by atoms with van der Waals surface area (Å²) in [5.74, 6) is 1.30. The number of nitrogens with zero attached hydrogens (tertiary/aromatic N) is 4. The van der Waals surface area contributed by atoms with Crippen LogP contribution in [0.3, 0.4) is 0 Å². The first-order valence-corrected chi connectivity index (χ1v) is 16.0. The molecule has 3 saturated heterocycles. The number of esters is 1. The van der Waals surface area contributed by atoms with Crippen LogP contribution in [0, 0.1) is 11.2 Å². The maximum Gasteiger partial charge on any atom is 0.311 e. The summed E-state index contributed by atoms with van der Waals surface area (Å²) in [4.78, 5) is 25.8. The highest BCUT2D eigenvalue weighted by Crippen LogP contribution is 2.47. The van der Waals surface area contributed by atoms with E-state index in [4.69, 9.17) is 14.3 Å². The van der Waals surface area contributed by atoms with Gasteiger partial charge in [0.15, 0.2) is 5.60 Å². The number of hydrogen-bond acceptors (Lipinski definition) is 8. The number of oxime groups is 1. The van der Waals surface area contributed by atoms with Crippen LogP contribution >= 0.6 is 0 Å². The van der Waals surface area contributed by atoms with Crippen molar-refractivity contribution >= 4 is 17.5 Å². The lowest BCUT2D eigenvalue weighted by molar-refractivity contribution is -0.156. The van der Waals surface area contributed by atoms with Crippen molar-refractivity contribution in [2.45, 2.75) is 64.0 Å². The Morgan fingerprint density at radius 3 is 2.44 bits per heavy atom. The molecule has 230 valence electrons. The molecule has 7 rings (SSSR count). The van der Waals surface area contributed by atoms with Crippen LogP contribution in [-0.4, -0.2) is 86.3 Å². The third-order valence-corrected chi connectivity index (χ3v) is 10.0. The van der Waals surface area contributed by atoms with Gasteiger partial charge in [0.05, 0.1) is 31.7 Å². The molecule has 0 aromatic heterocycles. The van der Waals surface area contributed by atoms with Gasteiger partial charge in [-0.05, 0) is 85.9 Å². The molecule has 2 aromatic carbocycles. The van der Waals surface area contributed by atoms with E-state index in [9.17, 15) is 9.18 Å². The van der Waals surface area contributed by atoms with Crippen LogP contribution in [0.2, 0.25) is 0 Å². The highest BCUT2D eigenvalue weighted by molar-refractivity contribution is 5.85. The maximum atomic E-state index is 13.8. The highest BCUT2D eigenvalue weighted by atomic mass is 19.1. The minimum atomic E-state index is -0.415. The lowest BCUT2D eigenvalue weighted by Crippen LogP contribution is -2.61. The number of likely N-dealkylation sites (tertiary alicyclic amines) is 2. The largest absolute Gasteiger partial charge is 0.466 e. The SMILES string of the molecule is CCOC(=O)C1(C)CCN(C2=NOC3(C2)CN(Cc2cc(C4CC4)c(-c4ccc(F)cc4)cc2N2CCOCC2)C3)CC1. The van der Waals surface area contributed by atoms with Crippen LogP contribution in [0.25, 0.3) is 11.1 Å². The summed E-state index contributed by atoms with van der Waals surface area (Å²) in [5.41, 5.74) is 5.62. The first kappa shape index (κ1) is 28.6. The third-order valence-electron chi connectivity index (χ3n) is 10.0. The van der Waals surface area contributed by atoms with Crippen LogP contribution in [-0.2, 0) is 25.7 Å². The van der Waals surface area contributed by atoms with Crippen LogP contribution < -0.4 is 4.90 Å². The number of benzene rings is 2. The number of carbonyl (C=O) groups excluding carboxylic acids is 1. The van der Waals surface area contributed by atoms with Crippen molar-refractivity contribution in [1.82, 2.24) is 9.80 Å². The first-order valence-electron chi connectivity index (χ1n) is 16.0. The summed E-state index contributed by atoms with van der Waals surface area (Å²) in [6.45, 7) is 11.6. The first-order chi connectivity index (χ1) is 20.8. The molecule has 0 unspecified atom stereocenters. The summed E-state index contributed by atoms with van der Waals surface area (Å²) in [6, 6.07) is 11.7. The Balaban J connectivity index is 1.04. The molecule has 0 atom stereocenters. The van der Waals surface area contributed by atoms with E-state index >= 15 is 0 Å². The number of halogens is 1. The average Bonchev–Trinajstić information content (AvgIpc) is 3.76. The van der Waals surface area contributed by atoms with Crippen molar-refractivity contribution < 1.29 is 23.5 Å². The zero-order valence-electron chi connectivity index (χ0n) is 25.4. The topological polar surface area (TPSA) is 66.8 Å². The van der Waals surface area contributed by atoms with Gasteiger partial charge in [-0.3, -0.25) is 9.69 Å². The van der Waals surface area contributed by atoms with Crippen molar-refractivity contribution in [3.05, 3.63) is 53.3 Å². The molecule has 0 N–H and O–H groups in total. The van der Waals surface area contributed by atoms with Gasteiger partial charge >= 0.3 is 5.97 Å². The highest BCUT2D eigenvalue weighted by Gasteiger charge is 2.51. The van der Waals surface area contributed by atoms with Crippen LogP contribution in [0.15, 0.2) is 41.6 Å². The molecule has 8 nitrogen and oxygen atoms in total. The molecular weight excluding hydrogens is 547 g/mol. The van der Waals surface area contributed by atoms with Gasteiger partial charge in [0.1, 0.15) is 11.7 Å². The molecule has 0 radical (unpaired) electrons. The number of morpholine rings is 1. The lowest BCUT2D eigenvalue weighted by Gasteiger charge is -2.46. The van der Waals surface area contributed by atoms with Crippen LogP contribution in [0.4, 0.5) is 10.1 Å². The van der Waals surface area contributed by atoms with Crippen molar-refractivity contribution in [3.8, 4) is 11.1 Å². The third kappa shape index (κ3) is 5.74. The molecule has 4 aliphatic heterocycles. The van der Waals surface area contributed by atoms with Gasteiger partial charge in [-0.1, -0.05) is 23.4 Å². The molecule has 1 aliphatic carbocycles. The van der Waals surface area contributed by atoms with E-state index in [1.165, 1.54) is 35.2 Å². The Morgan fingerprint density at radius 1 is 1.05 bits per heavy atom. The predicted octanol–water partition coefficient (Wildman–Crippen LogP) is 5.16. The molecular formula is C34H43FN4O4. The molecule has 4 fully saturated rings. The van der Waals surface area contributed by atoms with Gasteiger partial charge in [0.25, 0.3) is 0 Å². The molecule has 4 heterocycles. The molecule has 0 bridgehead atoms. The summed E-state index contributed by atoms with van der Waals surface area (Å²) in [6.07, 6.45) is 4.77. The zero-order valence-corrected chi connectivity index (χ0v) is 25.4. The second-order valence-electron chi connectivity index (χ2n) is 13.3. The molecule has 9 heteroatoms. The number of anilines is 1. The minimum absolute atomic E-state index is 0.0858. The second kappa shape index (κ2) is 11.4. The normalized spacial score (nSPS) is 23.1. The van der Waals surface area contributed by atoms with Crippen molar-refractivity contribution in [2.24, 2.45) is 10.6 Å². The molecule has 1 spiro atoms. The fourth-order valence-electron chi connectivity index (χ4n) is 7.22. The fraction of sp³-hybridized carbons (Fsp3) is 0.588. The molecule has 2 aromatic rings. The average molecular weight is 591 g/mol. The van der Waals surface area contributed by atoms with Gasteiger partial charge in [0.2, 0.25) is 0 Å². The fourth-order valence-corrected chi connectivity index (χ4v) is 7.22. The van der Waals surface area contributed by atoms with Crippen LogP contribution in [0.1, 0.15) is 63.0 Å². The van der Waals surface area contributed by atoms with Gasteiger partial charge in [0, 0.05) is 51.5 Å². The number of carbonyl (C=O) groups is 1. The molecule has 5 aliphatic rings. The zero-order chi connectivity index (χ0) is 29.6. The Labute approximate surface area is 253 Å². The number of piperidine rings is 1. The van der Waals surface area contributed by atoms with Crippen LogP contribution in [0.5, 0.6) is 0 Å². The van der Waals surface area contributed by atoms with E-state index in [0.29, 0.717) is 12.5 Å². The second-order valence-corrected chi connectivity index (χ2v) is 13.3. The van der Waals surface area contributed by atoms with Gasteiger partial charge in [-0.15, -0.1) is 0 Å². The molecule has 1 saturated carbocycles. The van der Waals surface area contributed by atoms with Gasteiger partial charge in [-0.2, -0.15) is 0 Å². The summed E-state index contributed by atoms with van der Waals surface area (Å²) >= 11 is 0. The summed E-state index contributed by atoms with van der Waals surface area (Å²) < 4.78 is 24.8. The monoisotopic (exact) mass is 590 g/mol.